The molecule has 0 amide bonds. The van der Waals surface area contributed by atoms with E-state index in [1.165, 1.54) is 7.11 Å². The van der Waals surface area contributed by atoms with Gasteiger partial charge in [-0.15, -0.1) is 0 Å². The number of carbonyl (C=O) groups excluding carboxylic acids is 1. The van der Waals surface area contributed by atoms with Crippen molar-refractivity contribution in [1.29, 1.82) is 0 Å². The van der Waals surface area contributed by atoms with Gasteiger partial charge in [-0.2, -0.15) is 0 Å². The Kier molecular flexibility index (Phi) is 6.59. The van der Waals surface area contributed by atoms with Crippen molar-refractivity contribution in [3.8, 4) is 0 Å². The highest BCUT2D eigenvalue weighted by atomic mass is 19.3. The molecule has 1 aliphatic carbocycles. The van der Waals surface area contributed by atoms with Crippen molar-refractivity contribution in [3.05, 3.63) is 35.4 Å². The van der Waals surface area contributed by atoms with E-state index >= 15 is 0 Å². The highest BCUT2D eigenvalue weighted by Gasteiger charge is 2.42. The lowest BCUT2D eigenvalue weighted by atomic mass is 9.70. The standard InChI is InChI=1S/C21H30F2O2/c1-21(2,3)16-12-10-15(11-13-16)17(14-8-6-5-7-9-14)18(19(22)23)20(24)25-4/h10-14,17-19H,5-9H2,1-4H3. The second kappa shape index (κ2) is 8.29. The number of methoxy groups -OCH3 is 1. The van der Waals surface area contributed by atoms with Crippen molar-refractivity contribution in [2.24, 2.45) is 11.8 Å². The Morgan fingerprint density at radius 2 is 1.64 bits per heavy atom. The van der Waals surface area contributed by atoms with Crippen LogP contribution < -0.4 is 0 Å². The summed E-state index contributed by atoms with van der Waals surface area (Å²) in [6.07, 6.45) is 2.29. The van der Waals surface area contributed by atoms with E-state index in [0.29, 0.717) is 0 Å². The van der Waals surface area contributed by atoms with Crippen LogP contribution in [0.4, 0.5) is 8.78 Å². The van der Waals surface area contributed by atoms with E-state index in [-0.39, 0.29) is 11.3 Å². The van der Waals surface area contributed by atoms with Gasteiger partial charge >= 0.3 is 5.97 Å². The molecule has 2 rings (SSSR count). The number of benzene rings is 1. The van der Waals surface area contributed by atoms with Gasteiger partial charge in [-0.05, 0) is 35.3 Å². The average Bonchev–Trinajstić information content (AvgIpc) is 2.58. The van der Waals surface area contributed by atoms with E-state index in [4.69, 9.17) is 4.74 Å². The average molecular weight is 352 g/mol. The Hall–Kier alpha value is -1.45. The molecule has 1 fully saturated rings. The highest BCUT2D eigenvalue weighted by molar-refractivity contribution is 5.74. The lowest BCUT2D eigenvalue weighted by Crippen LogP contribution is -2.35. The quantitative estimate of drug-likeness (QED) is 0.635. The molecule has 0 spiro atoms. The zero-order valence-corrected chi connectivity index (χ0v) is 15.7. The van der Waals surface area contributed by atoms with Gasteiger partial charge in [0, 0.05) is 5.92 Å². The summed E-state index contributed by atoms with van der Waals surface area (Å²) in [5, 5.41) is 0. The Labute approximate surface area is 150 Å². The SMILES string of the molecule is COC(=O)C(C(F)F)C(c1ccc(C(C)(C)C)cc1)C1CCCCC1. The van der Waals surface area contributed by atoms with Gasteiger partial charge in [0.05, 0.1) is 7.11 Å². The topological polar surface area (TPSA) is 26.3 Å². The summed E-state index contributed by atoms with van der Waals surface area (Å²) in [6, 6.07) is 7.87. The largest absolute Gasteiger partial charge is 0.469 e. The number of esters is 1. The van der Waals surface area contributed by atoms with Crippen LogP contribution >= 0.6 is 0 Å². The van der Waals surface area contributed by atoms with Crippen LogP contribution in [0.3, 0.4) is 0 Å². The molecule has 4 heteroatoms. The fourth-order valence-electron chi connectivity index (χ4n) is 4.01. The van der Waals surface area contributed by atoms with Crippen LogP contribution in [0.25, 0.3) is 0 Å². The molecule has 25 heavy (non-hydrogen) atoms. The maximum absolute atomic E-state index is 13.8. The van der Waals surface area contributed by atoms with Gasteiger partial charge in [0.1, 0.15) is 5.92 Å². The molecule has 0 radical (unpaired) electrons. The van der Waals surface area contributed by atoms with E-state index in [2.05, 4.69) is 20.8 Å². The van der Waals surface area contributed by atoms with E-state index in [1.807, 2.05) is 24.3 Å². The van der Waals surface area contributed by atoms with Crippen LogP contribution in [-0.4, -0.2) is 19.5 Å². The third-order valence-electron chi connectivity index (χ3n) is 5.45. The maximum Gasteiger partial charge on any atom is 0.315 e. The third-order valence-corrected chi connectivity index (χ3v) is 5.45. The number of ether oxygens (including phenoxy) is 1. The first-order chi connectivity index (χ1) is 11.8. The fraction of sp³-hybridized carbons (Fsp3) is 0.667. The lowest BCUT2D eigenvalue weighted by molar-refractivity contribution is -0.153. The van der Waals surface area contributed by atoms with Crippen LogP contribution in [-0.2, 0) is 14.9 Å². The monoisotopic (exact) mass is 352 g/mol. The summed E-state index contributed by atoms with van der Waals surface area (Å²) in [5.41, 5.74) is 1.99. The van der Waals surface area contributed by atoms with Crippen molar-refractivity contribution in [2.45, 2.75) is 70.6 Å². The molecular weight excluding hydrogens is 322 g/mol. The van der Waals surface area contributed by atoms with Gasteiger partial charge in [0.25, 0.3) is 6.43 Å². The minimum Gasteiger partial charge on any atom is -0.469 e. The molecule has 0 heterocycles. The van der Waals surface area contributed by atoms with E-state index in [9.17, 15) is 13.6 Å². The maximum atomic E-state index is 13.8. The normalized spacial score (nSPS) is 18.8. The molecule has 0 bridgehead atoms. The molecule has 0 saturated heterocycles. The van der Waals surface area contributed by atoms with Crippen molar-refractivity contribution in [2.75, 3.05) is 7.11 Å². The molecule has 2 atom stereocenters. The Morgan fingerprint density at radius 3 is 2.08 bits per heavy atom. The molecule has 1 saturated carbocycles. The number of carbonyl (C=O) groups is 1. The lowest BCUT2D eigenvalue weighted by Gasteiger charge is -2.35. The summed E-state index contributed by atoms with van der Waals surface area (Å²) in [4.78, 5) is 12.1. The zero-order chi connectivity index (χ0) is 18.6. The molecule has 1 aliphatic rings. The first kappa shape index (κ1) is 19.9. The van der Waals surface area contributed by atoms with Crippen LogP contribution in [0.1, 0.15) is 69.9 Å². The van der Waals surface area contributed by atoms with Gasteiger partial charge in [-0.25, -0.2) is 8.78 Å². The first-order valence-electron chi connectivity index (χ1n) is 9.22. The summed E-state index contributed by atoms with van der Waals surface area (Å²) >= 11 is 0. The molecule has 2 nitrogen and oxygen atoms in total. The van der Waals surface area contributed by atoms with Crippen LogP contribution in [0.5, 0.6) is 0 Å². The predicted octanol–water partition coefficient (Wildman–Crippen LogP) is 5.70. The zero-order valence-electron chi connectivity index (χ0n) is 15.7. The molecule has 0 N–H and O–H groups in total. The highest BCUT2D eigenvalue weighted by Crippen LogP contribution is 2.43. The van der Waals surface area contributed by atoms with Crippen LogP contribution in [0.2, 0.25) is 0 Å². The molecule has 0 aromatic heterocycles. The minimum atomic E-state index is -2.72. The second-order valence-electron chi connectivity index (χ2n) is 8.18. The van der Waals surface area contributed by atoms with Crippen molar-refractivity contribution < 1.29 is 18.3 Å². The number of alkyl halides is 2. The number of hydrogen-bond donors (Lipinski definition) is 0. The smallest absolute Gasteiger partial charge is 0.315 e. The Bertz CT molecular complexity index is 554. The fourth-order valence-corrected chi connectivity index (χ4v) is 4.01. The summed E-state index contributed by atoms with van der Waals surface area (Å²) in [6.45, 7) is 6.37. The van der Waals surface area contributed by atoms with E-state index < -0.39 is 24.2 Å². The minimum absolute atomic E-state index is 0.00330. The van der Waals surface area contributed by atoms with E-state index in [0.717, 1.165) is 43.2 Å². The van der Waals surface area contributed by atoms with Gasteiger partial charge in [-0.1, -0.05) is 64.3 Å². The summed E-state index contributed by atoms with van der Waals surface area (Å²) < 4.78 is 32.3. The predicted molar refractivity (Wildman–Crippen MR) is 96.0 cm³/mol. The summed E-state index contributed by atoms with van der Waals surface area (Å²) in [5.74, 6) is -2.58. The van der Waals surface area contributed by atoms with Crippen molar-refractivity contribution in [3.63, 3.8) is 0 Å². The van der Waals surface area contributed by atoms with Gasteiger partial charge in [0.15, 0.2) is 0 Å². The van der Waals surface area contributed by atoms with Gasteiger partial charge in [-0.3, -0.25) is 4.79 Å². The molecule has 1 aromatic carbocycles. The Morgan fingerprint density at radius 1 is 1.08 bits per heavy atom. The molecule has 2 unspecified atom stereocenters. The number of rotatable bonds is 5. The molecular formula is C21H30F2O2. The first-order valence-corrected chi connectivity index (χ1v) is 9.22. The van der Waals surface area contributed by atoms with E-state index in [1.54, 1.807) is 0 Å². The van der Waals surface area contributed by atoms with Crippen LogP contribution in [0, 0.1) is 11.8 Å². The molecule has 1 aromatic rings. The Balaban J connectivity index is 2.41. The third kappa shape index (κ3) is 4.80. The van der Waals surface area contributed by atoms with Gasteiger partial charge in [0.2, 0.25) is 0 Å². The molecule has 140 valence electrons. The number of hydrogen-bond acceptors (Lipinski definition) is 2. The number of halogens is 2. The summed E-state index contributed by atoms with van der Waals surface area (Å²) in [7, 11) is 1.19. The van der Waals surface area contributed by atoms with Crippen molar-refractivity contribution >= 4 is 5.97 Å². The second-order valence-corrected chi connectivity index (χ2v) is 8.18. The van der Waals surface area contributed by atoms with Crippen LogP contribution in [0.15, 0.2) is 24.3 Å². The van der Waals surface area contributed by atoms with Crippen molar-refractivity contribution in [1.82, 2.24) is 0 Å². The van der Waals surface area contributed by atoms with Gasteiger partial charge < -0.3 is 4.74 Å². The molecule has 0 aliphatic heterocycles.